The molecule has 0 amide bonds. The maximum absolute atomic E-state index is 12.3. The van der Waals surface area contributed by atoms with Crippen LogP contribution in [0.25, 0.3) is 0 Å². The fourth-order valence-electron chi connectivity index (χ4n) is 1.53. The molecule has 0 aliphatic rings. The fraction of sp³-hybridized carbons (Fsp3) is 0.417. The van der Waals surface area contributed by atoms with E-state index in [-0.39, 0.29) is 33.9 Å². The molecule has 1 aromatic carbocycles. The summed E-state index contributed by atoms with van der Waals surface area (Å²) in [5.41, 5.74) is 0. The number of sulfonamides is 1. The number of hydrogen-bond acceptors (Lipinski definition) is 4. The molecule has 0 radical (unpaired) electrons. The van der Waals surface area contributed by atoms with Crippen LogP contribution in [0.5, 0.6) is 0 Å². The average molecular weight is 340 g/mol. The first kappa shape index (κ1) is 17.2. The zero-order valence-electron chi connectivity index (χ0n) is 11.1. The number of carbonyl (C=O) groups excluding carboxylic acids is 1. The van der Waals surface area contributed by atoms with Gasteiger partial charge in [0.15, 0.2) is 0 Å². The Morgan fingerprint density at radius 2 is 1.80 bits per heavy atom. The van der Waals surface area contributed by atoms with Crippen molar-refractivity contribution >= 4 is 39.2 Å². The van der Waals surface area contributed by atoms with Crippen LogP contribution < -0.4 is 0 Å². The molecule has 0 aliphatic heterocycles. The molecule has 5 nitrogen and oxygen atoms in total. The molecule has 0 heterocycles. The Morgan fingerprint density at radius 1 is 1.25 bits per heavy atom. The van der Waals surface area contributed by atoms with Crippen LogP contribution in [0.4, 0.5) is 0 Å². The van der Waals surface area contributed by atoms with Gasteiger partial charge in [-0.2, -0.15) is 0 Å². The van der Waals surface area contributed by atoms with Crippen molar-refractivity contribution in [2.75, 3.05) is 20.7 Å². The third kappa shape index (κ3) is 4.63. The predicted molar refractivity (Wildman–Crippen MR) is 77.5 cm³/mol. The van der Waals surface area contributed by atoms with E-state index in [2.05, 4.69) is 4.74 Å². The molecule has 0 fully saturated rings. The van der Waals surface area contributed by atoms with Crippen LogP contribution in [0.1, 0.15) is 12.8 Å². The van der Waals surface area contributed by atoms with Gasteiger partial charge in [-0.1, -0.05) is 23.2 Å². The van der Waals surface area contributed by atoms with E-state index in [0.29, 0.717) is 6.42 Å². The number of carbonyl (C=O) groups is 1. The Labute approximate surface area is 128 Å². The van der Waals surface area contributed by atoms with Crippen LogP contribution in [0, 0.1) is 0 Å². The zero-order valence-corrected chi connectivity index (χ0v) is 13.4. The molecule has 1 aromatic rings. The average Bonchev–Trinajstić information content (AvgIpc) is 2.37. The second-order valence-corrected chi connectivity index (χ2v) is 7.03. The quantitative estimate of drug-likeness (QED) is 0.747. The molecule has 0 unspecified atom stereocenters. The molecule has 0 aromatic heterocycles. The first-order valence-corrected chi connectivity index (χ1v) is 7.96. The monoisotopic (exact) mass is 339 g/mol. The third-order valence-corrected chi connectivity index (χ3v) is 4.90. The summed E-state index contributed by atoms with van der Waals surface area (Å²) in [6.07, 6.45) is 0.531. The first-order valence-electron chi connectivity index (χ1n) is 5.76. The summed E-state index contributed by atoms with van der Waals surface area (Å²) in [7, 11) is -0.956. The smallest absolute Gasteiger partial charge is 0.305 e. The Morgan fingerprint density at radius 3 is 2.30 bits per heavy atom. The summed E-state index contributed by atoms with van der Waals surface area (Å²) in [6.45, 7) is 0.196. The highest BCUT2D eigenvalue weighted by Gasteiger charge is 2.21. The van der Waals surface area contributed by atoms with Crippen molar-refractivity contribution in [2.24, 2.45) is 0 Å². The van der Waals surface area contributed by atoms with Crippen LogP contribution in [0.3, 0.4) is 0 Å². The molecule has 8 heteroatoms. The molecule has 0 saturated carbocycles. The summed E-state index contributed by atoms with van der Waals surface area (Å²) >= 11 is 11.6. The Bertz CT molecular complexity index is 569. The number of halogens is 2. The van der Waals surface area contributed by atoms with Crippen LogP contribution in [-0.2, 0) is 19.6 Å². The molecule has 20 heavy (non-hydrogen) atoms. The Balaban J connectivity index is 2.79. The number of hydrogen-bond donors (Lipinski definition) is 0. The van der Waals surface area contributed by atoms with Crippen molar-refractivity contribution in [3.05, 3.63) is 28.2 Å². The lowest BCUT2D eigenvalue weighted by molar-refractivity contribution is -0.140. The lowest BCUT2D eigenvalue weighted by Crippen LogP contribution is -2.28. The molecule has 0 atom stereocenters. The van der Waals surface area contributed by atoms with E-state index in [0.717, 1.165) is 4.31 Å². The molecule has 0 spiro atoms. The number of rotatable bonds is 6. The van der Waals surface area contributed by atoms with Gasteiger partial charge in [-0.15, -0.1) is 0 Å². The topological polar surface area (TPSA) is 63.7 Å². The molecular formula is C12H15Cl2NO4S. The lowest BCUT2D eigenvalue weighted by Gasteiger charge is -2.17. The number of ether oxygens (including phenoxy) is 1. The van der Waals surface area contributed by atoms with Crippen molar-refractivity contribution in [2.45, 2.75) is 17.7 Å². The van der Waals surface area contributed by atoms with Crippen molar-refractivity contribution < 1.29 is 17.9 Å². The van der Waals surface area contributed by atoms with E-state index in [1.807, 2.05) is 0 Å². The lowest BCUT2D eigenvalue weighted by atomic mass is 10.3. The van der Waals surface area contributed by atoms with E-state index < -0.39 is 10.0 Å². The van der Waals surface area contributed by atoms with Gasteiger partial charge in [-0.25, -0.2) is 12.7 Å². The summed E-state index contributed by atoms with van der Waals surface area (Å²) in [6, 6.07) is 4.12. The fourth-order valence-corrected chi connectivity index (χ4v) is 3.46. The van der Waals surface area contributed by atoms with Gasteiger partial charge in [0, 0.05) is 30.1 Å². The number of esters is 1. The highest BCUT2D eigenvalue weighted by atomic mass is 35.5. The standard InChI is InChI=1S/C12H15Cl2NO4S/c1-15(5-3-4-12(16)19-2)20(17,18)11-7-9(13)6-10(14)8-11/h6-8H,3-5H2,1-2H3. The number of methoxy groups -OCH3 is 1. The minimum atomic E-state index is -3.68. The second kappa shape index (κ2) is 7.26. The van der Waals surface area contributed by atoms with Gasteiger partial charge in [0.2, 0.25) is 10.0 Å². The van der Waals surface area contributed by atoms with Crippen LogP contribution in [-0.4, -0.2) is 39.4 Å². The van der Waals surface area contributed by atoms with E-state index in [9.17, 15) is 13.2 Å². The summed E-state index contributed by atoms with van der Waals surface area (Å²) in [5.74, 6) is -0.374. The molecule has 0 aliphatic carbocycles. The molecule has 0 bridgehead atoms. The Kier molecular flexibility index (Phi) is 6.26. The SMILES string of the molecule is COC(=O)CCCN(C)S(=O)(=O)c1cc(Cl)cc(Cl)c1. The molecule has 0 N–H and O–H groups in total. The normalized spacial score (nSPS) is 11.7. The van der Waals surface area contributed by atoms with Gasteiger partial charge in [0.25, 0.3) is 0 Å². The van der Waals surface area contributed by atoms with Gasteiger partial charge in [-0.05, 0) is 24.6 Å². The van der Waals surface area contributed by atoms with E-state index in [1.165, 1.54) is 32.4 Å². The predicted octanol–water partition coefficient (Wildman–Crippen LogP) is 2.57. The summed E-state index contributed by atoms with van der Waals surface area (Å²) in [4.78, 5) is 11.0. The Hall–Kier alpha value is -0.820. The van der Waals surface area contributed by atoms with Gasteiger partial charge < -0.3 is 4.74 Å². The maximum Gasteiger partial charge on any atom is 0.305 e. The summed E-state index contributed by atoms with van der Waals surface area (Å²) < 4.78 is 30.2. The van der Waals surface area contributed by atoms with Gasteiger partial charge in [0.05, 0.1) is 12.0 Å². The van der Waals surface area contributed by atoms with Crippen molar-refractivity contribution in [1.29, 1.82) is 0 Å². The van der Waals surface area contributed by atoms with Crippen molar-refractivity contribution in [3.63, 3.8) is 0 Å². The second-order valence-electron chi connectivity index (χ2n) is 4.11. The van der Waals surface area contributed by atoms with Crippen LogP contribution in [0.2, 0.25) is 10.0 Å². The number of benzene rings is 1. The summed E-state index contributed by atoms with van der Waals surface area (Å²) in [5, 5.41) is 0.498. The van der Waals surface area contributed by atoms with E-state index >= 15 is 0 Å². The van der Waals surface area contributed by atoms with Crippen LogP contribution in [0.15, 0.2) is 23.1 Å². The van der Waals surface area contributed by atoms with E-state index in [4.69, 9.17) is 23.2 Å². The van der Waals surface area contributed by atoms with Gasteiger partial charge in [0.1, 0.15) is 0 Å². The molecule has 1 rings (SSSR count). The first-order chi connectivity index (χ1) is 9.27. The van der Waals surface area contributed by atoms with Crippen molar-refractivity contribution in [1.82, 2.24) is 4.31 Å². The zero-order chi connectivity index (χ0) is 15.3. The van der Waals surface area contributed by atoms with Crippen molar-refractivity contribution in [3.8, 4) is 0 Å². The van der Waals surface area contributed by atoms with E-state index in [1.54, 1.807) is 0 Å². The largest absolute Gasteiger partial charge is 0.469 e. The highest BCUT2D eigenvalue weighted by Crippen LogP contribution is 2.24. The van der Waals surface area contributed by atoms with Gasteiger partial charge >= 0.3 is 5.97 Å². The minimum Gasteiger partial charge on any atom is -0.469 e. The maximum atomic E-state index is 12.3. The highest BCUT2D eigenvalue weighted by molar-refractivity contribution is 7.89. The molecule has 0 saturated heterocycles. The molecular weight excluding hydrogens is 325 g/mol. The third-order valence-electron chi connectivity index (χ3n) is 2.63. The van der Waals surface area contributed by atoms with Crippen LogP contribution >= 0.6 is 23.2 Å². The molecule has 112 valence electrons. The minimum absolute atomic E-state index is 0.0237. The van der Waals surface area contributed by atoms with Gasteiger partial charge in [-0.3, -0.25) is 4.79 Å². The number of nitrogens with zero attached hydrogens (tertiary/aromatic N) is 1.